The van der Waals surface area contributed by atoms with E-state index in [0.29, 0.717) is 11.2 Å². The van der Waals surface area contributed by atoms with Crippen LogP contribution in [0.4, 0.5) is 4.39 Å². The molecule has 1 aliphatic carbocycles. The number of carbonyl (C=O) groups is 1. The molecule has 1 fully saturated rings. The summed E-state index contributed by atoms with van der Waals surface area (Å²) in [7, 11) is 1.76. The van der Waals surface area contributed by atoms with Gasteiger partial charge in [0, 0.05) is 7.05 Å². The summed E-state index contributed by atoms with van der Waals surface area (Å²) < 4.78 is 14.9. The van der Waals surface area contributed by atoms with Crippen molar-refractivity contribution in [2.24, 2.45) is 0 Å². The lowest BCUT2D eigenvalue weighted by molar-refractivity contribution is -0.128. The lowest BCUT2D eigenvalue weighted by Gasteiger charge is -2.25. The van der Waals surface area contributed by atoms with Gasteiger partial charge >= 0.3 is 0 Å². The normalized spacial score (nSPS) is 16.1. The molecule has 0 N–H and O–H groups in total. The molecule has 25 heavy (non-hydrogen) atoms. The molecule has 0 saturated heterocycles. The molecule has 2 aromatic rings. The third kappa shape index (κ3) is 4.18. The number of benzene rings is 1. The zero-order valence-electron chi connectivity index (χ0n) is 14.4. The van der Waals surface area contributed by atoms with Crippen LogP contribution in [-0.4, -0.2) is 43.8 Å². The SMILES string of the molecule is CC(c1ccc(F)cc1)N(C)C(=O)CSc1nnnn1C1CCCC1. The minimum atomic E-state index is -0.278. The summed E-state index contributed by atoms with van der Waals surface area (Å²) in [6.07, 6.45) is 4.58. The Labute approximate surface area is 150 Å². The van der Waals surface area contributed by atoms with Crippen LogP contribution < -0.4 is 0 Å². The van der Waals surface area contributed by atoms with Crippen LogP contribution in [0.2, 0.25) is 0 Å². The predicted molar refractivity (Wildman–Crippen MR) is 93.6 cm³/mol. The van der Waals surface area contributed by atoms with Crippen molar-refractivity contribution < 1.29 is 9.18 Å². The Morgan fingerprint density at radius 3 is 2.72 bits per heavy atom. The van der Waals surface area contributed by atoms with E-state index in [-0.39, 0.29) is 23.5 Å². The molecule has 1 aromatic heterocycles. The molecule has 1 saturated carbocycles. The van der Waals surface area contributed by atoms with Gasteiger partial charge in [0.2, 0.25) is 11.1 Å². The molecule has 8 heteroatoms. The van der Waals surface area contributed by atoms with Gasteiger partial charge in [0.15, 0.2) is 0 Å². The largest absolute Gasteiger partial charge is 0.338 e. The van der Waals surface area contributed by atoms with E-state index in [1.54, 1.807) is 24.1 Å². The highest BCUT2D eigenvalue weighted by Gasteiger charge is 2.23. The first-order valence-corrected chi connectivity index (χ1v) is 9.46. The number of rotatable bonds is 6. The number of hydrogen-bond acceptors (Lipinski definition) is 5. The maximum Gasteiger partial charge on any atom is 0.233 e. The quantitative estimate of drug-likeness (QED) is 0.737. The van der Waals surface area contributed by atoms with Gasteiger partial charge in [0.05, 0.1) is 17.8 Å². The summed E-state index contributed by atoms with van der Waals surface area (Å²) in [5.41, 5.74) is 0.901. The monoisotopic (exact) mass is 363 g/mol. The van der Waals surface area contributed by atoms with Crippen molar-refractivity contribution in [3.8, 4) is 0 Å². The van der Waals surface area contributed by atoms with Gasteiger partial charge in [-0.05, 0) is 47.9 Å². The van der Waals surface area contributed by atoms with Gasteiger partial charge in [0.1, 0.15) is 5.82 Å². The molecule has 1 atom stereocenters. The number of halogens is 1. The Balaban J connectivity index is 1.58. The van der Waals surface area contributed by atoms with E-state index in [0.717, 1.165) is 18.4 Å². The number of amides is 1. The molecule has 0 radical (unpaired) electrons. The molecule has 1 heterocycles. The van der Waals surface area contributed by atoms with Crippen LogP contribution in [0, 0.1) is 5.82 Å². The number of carbonyl (C=O) groups excluding carboxylic acids is 1. The molecule has 1 aromatic carbocycles. The van der Waals surface area contributed by atoms with Gasteiger partial charge in [-0.1, -0.05) is 36.7 Å². The number of thioether (sulfide) groups is 1. The molecule has 1 amide bonds. The minimum Gasteiger partial charge on any atom is -0.338 e. The van der Waals surface area contributed by atoms with Crippen LogP contribution in [0.5, 0.6) is 0 Å². The van der Waals surface area contributed by atoms with Crippen LogP contribution in [0.3, 0.4) is 0 Å². The summed E-state index contributed by atoms with van der Waals surface area (Å²) in [4.78, 5) is 14.2. The van der Waals surface area contributed by atoms with Crippen LogP contribution in [0.25, 0.3) is 0 Å². The maximum atomic E-state index is 13.0. The Morgan fingerprint density at radius 2 is 2.04 bits per heavy atom. The van der Waals surface area contributed by atoms with E-state index in [2.05, 4.69) is 15.5 Å². The van der Waals surface area contributed by atoms with Gasteiger partial charge < -0.3 is 4.90 Å². The number of hydrogen-bond donors (Lipinski definition) is 0. The molecule has 1 aliphatic rings. The van der Waals surface area contributed by atoms with Gasteiger partial charge in [-0.15, -0.1) is 5.10 Å². The van der Waals surface area contributed by atoms with E-state index >= 15 is 0 Å². The molecule has 0 aliphatic heterocycles. The fraction of sp³-hybridized carbons (Fsp3) is 0.529. The van der Waals surface area contributed by atoms with E-state index < -0.39 is 0 Å². The first kappa shape index (κ1) is 17.8. The van der Waals surface area contributed by atoms with Gasteiger partial charge in [-0.3, -0.25) is 4.79 Å². The zero-order valence-corrected chi connectivity index (χ0v) is 15.2. The number of nitrogens with zero attached hydrogens (tertiary/aromatic N) is 5. The molecule has 6 nitrogen and oxygen atoms in total. The highest BCUT2D eigenvalue weighted by atomic mass is 32.2. The molecular formula is C17H22FN5OS. The fourth-order valence-electron chi connectivity index (χ4n) is 3.07. The topological polar surface area (TPSA) is 63.9 Å². The average Bonchev–Trinajstić information content (AvgIpc) is 3.30. The van der Waals surface area contributed by atoms with Crippen molar-refractivity contribution in [1.82, 2.24) is 25.1 Å². The lowest BCUT2D eigenvalue weighted by atomic mass is 10.1. The van der Waals surface area contributed by atoms with Crippen LogP contribution in [-0.2, 0) is 4.79 Å². The summed E-state index contributed by atoms with van der Waals surface area (Å²) in [5.74, 6) is -0.0168. The summed E-state index contributed by atoms with van der Waals surface area (Å²) in [6.45, 7) is 1.93. The van der Waals surface area contributed by atoms with Crippen molar-refractivity contribution >= 4 is 17.7 Å². The second kappa shape index (κ2) is 7.95. The highest BCUT2D eigenvalue weighted by Crippen LogP contribution is 2.31. The highest BCUT2D eigenvalue weighted by molar-refractivity contribution is 7.99. The fourth-order valence-corrected chi connectivity index (χ4v) is 3.94. The Morgan fingerprint density at radius 1 is 1.36 bits per heavy atom. The molecule has 0 spiro atoms. The Bertz CT molecular complexity index is 714. The van der Waals surface area contributed by atoms with Crippen LogP contribution in [0.1, 0.15) is 50.3 Å². The third-order valence-corrected chi connectivity index (χ3v) is 5.70. The van der Waals surface area contributed by atoms with E-state index in [4.69, 9.17) is 0 Å². The summed E-state index contributed by atoms with van der Waals surface area (Å²) >= 11 is 1.37. The molecular weight excluding hydrogens is 341 g/mol. The first-order chi connectivity index (χ1) is 12.1. The van der Waals surface area contributed by atoms with Crippen LogP contribution in [0.15, 0.2) is 29.4 Å². The Kier molecular flexibility index (Phi) is 5.67. The standard InChI is InChI=1S/C17H22FN5OS/c1-12(13-7-9-14(18)10-8-13)22(2)16(24)11-25-17-19-20-21-23(17)15-5-3-4-6-15/h7-10,12,15H,3-6,11H2,1-2H3. The second-order valence-corrected chi connectivity index (χ2v) is 7.31. The smallest absolute Gasteiger partial charge is 0.233 e. The van der Waals surface area contributed by atoms with E-state index in [1.807, 2.05) is 11.6 Å². The van der Waals surface area contributed by atoms with Crippen LogP contribution >= 0.6 is 11.8 Å². The number of aromatic nitrogens is 4. The average molecular weight is 363 g/mol. The lowest BCUT2D eigenvalue weighted by Crippen LogP contribution is -2.31. The van der Waals surface area contributed by atoms with Gasteiger partial charge in [-0.25, -0.2) is 9.07 Å². The molecule has 134 valence electrons. The third-order valence-electron chi connectivity index (χ3n) is 4.78. The van der Waals surface area contributed by atoms with Gasteiger partial charge in [-0.2, -0.15) is 0 Å². The maximum absolute atomic E-state index is 13.0. The summed E-state index contributed by atoms with van der Waals surface area (Å²) in [5, 5.41) is 12.6. The van der Waals surface area contributed by atoms with E-state index in [1.165, 1.54) is 36.7 Å². The number of tetrazole rings is 1. The summed E-state index contributed by atoms with van der Waals surface area (Å²) in [6, 6.07) is 6.46. The first-order valence-electron chi connectivity index (χ1n) is 8.48. The van der Waals surface area contributed by atoms with Gasteiger partial charge in [0.25, 0.3) is 0 Å². The van der Waals surface area contributed by atoms with Crippen molar-refractivity contribution in [2.45, 2.75) is 49.8 Å². The zero-order chi connectivity index (χ0) is 17.8. The van der Waals surface area contributed by atoms with E-state index in [9.17, 15) is 9.18 Å². The second-order valence-electron chi connectivity index (χ2n) is 6.37. The van der Waals surface area contributed by atoms with Crippen molar-refractivity contribution in [2.75, 3.05) is 12.8 Å². The van der Waals surface area contributed by atoms with Crippen molar-refractivity contribution in [3.63, 3.8) is 0 Å². The predicted octanol–water partition coefficient (Wildman–Crippen LogP) is 3.24. The Hall–Kier alpha value is -1.96. The molecule has 1 unspecified atom stereocenters. The molecule has 3 rings (SSSR count). The van der Waals surface area contributed by atoms with Crippen molar-refractivity contribution in [3.05, 3.63) is 35.6 Å². The van der Waals surface area contributed by atoms with Crippen molar-refractivity contribution in [1.29, 1.82) is 0 Å². The molecule has 0 bridgehead atoms. The minimum absolute atomic E-state index is 0.0113.